The standard InChI is InChI=1S/C15H21ClN2O2/c1-2-8-17-12-7-6-10(16)9-13(12)18-15(20)11-4-3-5-14(11)19/h6-7,9,11,14,17,19H,2-5,8H2,1H3,(H,18,20). The molecule has 0 bridgehead atoms. The lowest BCUT2D eigenvalue weighted by Gasteiger charge is -2.17. The van der Waals surface area contributed by atoms with E-state index in [-0.39, 0.29) is 11.8 Å². The molecule has 5 heteroatoms. The van der Waals surface area contributed by atoms with Crippen molar-refractivity contribution in [3.8, 4) is 0 Å². The van der Waals surface area contributed by atoms with E-state index in [2.05, 4.69) is 17.6 Å². The maximum Gasteiger partial charge on any atom is 0.230 e. The van der Waals surface area contributed by atoms with Gasteiger partial charge < -0.3 is 15.7 Å². The normalized spacial score (nSPS) is 21.8. The topological polar surface area (TPSA) is 61.4 Å². The monoisotopic (exact) mass is 296 g/mol. The van der Waals surface area contributed by atoms with Crippen LogP contribution >= 0.6 is 11.6 Å². The molecule has 2 rings (SSSR count). The van der Waals surface area contributed by atoms with Gasteiger partial charge in [0, 0.05) is 11.6 Å². The van der Waals surface area contributed by atoms with Gasteiger partial charge in [0.05, 0.1) is 23.4 Å². The molecule has 2 unspecified atom stereocenters. The molecule has 20 heavy (non-hydrogen) atoms. The summed E-state index contributed by atoms with van der Waals surface area (Å²) >= 11 is 5.99. The highest BCUT2D eigenvalue weighted by atomic mass is 35.5. The molecular formula is C15H21ClN2O2. The van der Waals surface area contributed by atoms with Crippen LogP contribution in [0.5, 0.6) is 0 Å². The minimum atomic E-state index is -0.527. The third kappa shape index (κ3) is 3.64. The van der Waals surface area contributed by atoms with E-state index in [1.165, 1.54) is 0 Å². The second kappa shape index (κ2) is 6.95. The summed E-state index contributed by atoms with van der Waals surface area (Å²) in [6.45, 7) is 2.91. The average Bonchev–Trinajstić information content (AvgIpc) is 2.84. The number of benzene rings is 1. The van der Waals surface area contributed by atoms with Crippen molar-refractivity contribution in [3.63, 3.8) is 0 Å². The van der Waals surface area contributed by atoms with Crippen LogP contribution < -0.4 is 10.6 Å². The van der Waals surface area contributed by atoms with E-state index in [9.17, 15) is 9.90 Å². The highest BCUT2D eigenvalue weighted by molar-refractivity contribution is 6.31. The summed E-state index contributed by atoms with van der Waals surface area (Å²) in [4.78, 5) is 12.2. The first kappa shape index (κ1) is 15.1. The van der Waals surface area contributed by atoms with Crippen molar-refractivity contribution in [1.29, 1.82) is 0 Å². The Kier molecular flexibility index (Phi) is 5.26. The maximum absolute atomic E-state index is 12.2. The summed E-state index contributed by atoms with van der Waals surface area (Å²) < 4.78 is 0. The number of carbonyl (C=O) groups excluding carboxylic acids is 1. The number of carbonyl (C=O) groups is 1. The third-order valence-corrected chi connectivity index (χ3v) is 3.86. The fraction of sp³-hybridized carbons (Fsp3) is 0.533. The van der Waals surface area contributed by atoms with Crippen LogP contribution in [0, 0.1) is 5.92 Å². The lowest BCUT2D eigenvalue weighted by atomic mass is 10.1. The predicted molar refractivity (Wildman–Crippen MR) is 82.2 cm³/mol. The third-order valence-electron chi connectivity index (χ3n) is 3.62. The van der Waals surface area contributed by atoms with Crippen molar-refractivity contribution in [3.05, 3.63) is 23.2 Å². The number of hydrogen-bond donors (Lipinski definition) is 3. The summed E-state index contributed by atoms with van der Waals surface area (Å²) in [5.74, 6) is -0.440. The van der Waals surface area contributed by atoms with Gasteiger partial charge in [-0.15, -0.1) is 0 Å². The van der Waals surface area contributed by atoms with Gasteiger partial charge in [0.15, 0.2) is 0 Å². The number of rotatable bonds is 5. The average molecular weight is 297 g/mol. The summed E-state index contributed by atoms with van der Waals surface area (Å²) in [5, 5.41) is 16.5. The molecule has 1 aromatic carbocycles. The molecule has 1 fully saturated rings. The molecule has 0 radical (unpaired) electrons. The molecule has 0 aliphatic heterocycles. The van der Waals surface area contributed by atoms with Crippen molar-refractivity contribution in [2.45, 2.75) is 38.7 Å². The zero-order valence-electron chi connectivity index (χ0n) is 11.7. The fourth-order valence-corrected chi connectivity index (χ4v) is 2.68. The molecule has 1 aliphatic carbocycles. The largest absolute Gasteiger partial charge is 0.392 e. The van der Waals surface area contributed by atoms with Crippen molar-refractivity contribution < 1.29 is 9.90 Å². The molecule has 1 saturated carbocycles. The Morgan fingerprint density at radius 2 is 2.20 bits per heavy atom. The molecule has 1 aromatic rings. The number of aliphatic hydroxyl groups excluding tert-OH is 1. The van der Waals surface area contributed by atoms with Gasteiger partial charge in [-0.05, 0) is 43.9 Å². The van der Waals surface area contributed by atoms with Crippen LogP contribution in [0.3, 0.4) is 0 Å². The first-order valence-electron chi connectivity index (χ1n) is 7.14. The number of nitrogens with one attached hydrogen (secondary N) is 2. The first-order chi connectivity index (χ1) is 9.61. The van der Waals surface area contributed by atoms with Crippen molar-refractivity contribution >= 4 is 28.9 Å². The lowest BCUT2D eigenvalue weighted by Crippen LogP contribution is -2.29. The van der Waals surface area contributed by atoms with E-state index < -0.39 is 6.10 Å². The van der Waals surface area contributed by atoms with Gasteiger partial charge in [0.2, 0.25) is 5.91 Å². The van der Waals surface area contributed by atoms with Gasteiger partial charge >= 0.3 is 0 Å². The van der Waals surface area contributed by atoms with Crippen LogP contribution in [0.4, 0.5) is 11.4 Å². The Balaban J connectivity index is 2.10. The molecule has 0 saturated heterocycles. The lowest BCUT2D eigenvalue weighted by molar-refractivity contribution is -0.122. The Bertz CT molecular complexity index is 479. The number of halogens is 1. The Morgan fingerprint density at radius 3 is 2.85 bits per heavy atom. The molecule has 0 heterocycles. The summed E-state index contributed by atoms with van der Waals surface area (Å²) in [6, 6.07) is 5.39. The van der Waals surface area contributed by atoms with E-state index >= 15 is 0 Å². The minimum absolute atomic E-state index is 0.128. The van der Waals surface area contributed by atoms with Crippen LogP contribution in [0.2, 0.25) is 5.02 Å². The van der Waals surface area contributed by atoms with Crippen LogP contribution in [0.1, 0.15) is 32.6 Å². The molecule has 3 N–H and O–H groups in total. The fourth-order valence-electron chi connectivity index (χ4n) is 2.51. The Morgan fingerprint density at radius 1 is 1.40 bits per heavy atom. The Hall–Kier alpha value is -1.26. The molecule has 2 atom stereocenters. The maximum atomic E-state index is 12.2. The van der Waals surface area contributed by atoms with Gasteiger partial charge in [0.25, 0.3) is 0 Å². The minimum Gasteiger partial charge on any atom is -0.392 e. The zero-order chi connectivity index (χ0) is 14.5. The second-order valence-electron chi connectivity index (χ2n) is 5.21. The van der Waals surface area contributed by atoms with Crippen LogP contribution in [0.25, 0.3) is 0 Å². The highest BCUT2D eigenvalue weighted by Gasteiger charge is 2.31. The smallest absolute Gasteiger partial charge is 0.230 e. The second-order valence-corrected chi connectivity index (χ2v) is 5.65. The van der Waals surface area contributed by atoms with Gasteiger partial charge in [-0.1, -0.05) is 18.5 Å². The number of anilines is 2. The van der Waals surface area contributed by atoms with E-state index in [1.54, 1.807) is 12.1 Å². The highest BCUT2D eigenvalue weighted by Crippen LogP contribution is 2.30. The van der Waals surface area contributed by atoms with Crippen LogP contribution in [0.15, 0.2) is 18.2 Å². The molecular weight excluding hydrogens is 276 g/mol. The van der Waals surface area contributed by atoms with Gasteiger partial charge in [0.1, 0.15) is 0 Å². The zero-order valence-corrected chi connectivity index (χ0v) is 12.4. The number of aliphatic hydroxyl groups is 1. The van der Waals surface area contributed by atoms with E-state index in [1.807, 2.05) is 6.07 Å². The van der Waals surface area contributed by atoms with Gasteiger partial charge in [-0.2, -0.15) is 0 Å². The predicted octanol–water partition coefficient (Wildman–Crippen LogP) is 3.26. The first-order valence-corrected chi connectivity index (χ1v) is 7.52. The van der Waals surface area contributed by atoms with Crippen molar-refractivity contribution in [1.82, 2.24) is 0 Å². The van der Waals surface area contributed by atoms with E-state index in [0.29, 0.717) is 17.1 Å². The number of hydrogen-bond acceptors (Lipinski definition) is 3. The van der Waals surface area contributed by atoms with Crippen molar-refractivity contribution in [2.24, 2.45) is 5.92 Å². The van der Waals surface area contributed by atoms with Crippen molar-refractivity contribution in [2.75, 3.05) is 17.2 Å². The van der Waals surface area contributed by atoms with Gasteiger partial charge in [-0.3, -0.25) is 4.79 Å². The number of amides is 1. The summed E-state index contributed by atoms with van der Waals surface area (Å²) in [6.07, 6.45) is 2.81. The molecule has 0 spiro atoms. The summed E-state index contributed by atoms with van der Waals surface area (Å²) in [5.41, 5.74) is 1.53. The molecule has 1 aliphatic rings. The van der Waals surface area contributed by atoms with E-state index in [0.717, 1.165) is 31.5 Å². The van der Waals surface area contributed by atoms with E-state index in [4.69, 9.17) is 11.6 Å². The summed E-state index contributed by atoms with van der Waals surface area (Å²) in [7, 11) is 0. The molecule has 110 valence electrons. The SMILES string of the molecule is CCCNc1ccc(Cl)cc1NC(=O)C1CCCC1O. The molecule has 4 nitrogen and oxygen atoms in total. The molecule has 1 amide bonds. The Labute approximate surface area is 124 Å². The quantitative estimate of drug-likeness (QED) is 0.781. The van der Waals surface area contributed by atoms with Crippen LogP contribution in [-0.4, -0.2) is 23.7 Å². The molecule has 0 aromatic heterocycles. The van der Waals surface area contributed by atoms with Crippen LogP contribution in [-0.2, 0) is 4.79 Å². The van der Waals surface area contributed by atoms with Gasteiger partial charge in [-0.25, -0.2) is 0 Å².